The molecule has 0 saturated heterocycles. The van der Waals surface area contributed by atoms with Crippen molar-refractivity contribution in [2.24, 2.45) is 5.73 Å². The number of primary amides is 1. The molecule has 0 fully saturated rings. The van der Waals surface area contributed by atoms with Crippen LogP contribution in [0.2, 0.25) is 10.0 Å². The van der Waals surface area contributed by atoms with E-state index in [4.69, 9.17) is 28.9 Å². The third kappa shape index (κ3) is 5.16. The molecule has 2 aromatic rings. The Labute approximate surface area is 154 Å². The second kappa shape index (κ2) is 8.29. The van der Waals surface area contributed by atoms with E-state index in [1.54, 1.807) is 19.1 Å². The van der Waals surface area contributed by atoms with Crippen LogP contribution in [0.4, 0.5) is 10.1 Å². The number of halogens is 3. The molecule has 25 heavy (non-hydrogen) atoms. The van der Waals surface area contributed by atoms with Gasteiger partial charge in [0.1, 0.15) is 5.82 Å². The summed E-state index contributed by atoms with van der Waals surface area (Å²) < 4.78 is 13.6. The molecular formula is C17H16Cl2FN3O2. The lowest BCUT2D eigenvalue weighted by Crippen LogP contribution is -2.30. The number of benzene rings is 2. The van der Waals surface area contributed by atoms with Crippen molar-refractivity contribution in [1.29, 1.82) is 0 Å². The standard InChI is InChI=1S/C17H16Cl2FN3O2/c1-9(12-6-15(20)14(19)7-13(12)18)22-8-16(24)23-11-4-2-10(3-5-11)17(21)25/h2-7,9,22H,8H2,1H3,(H2,21,25)(H,23,24)/t9-/m1/s1. The van der Waals surface area contributed by atoms with Gasteiger partial charge in [0.15, 0.2) is 0 Å². The molecule has 4 N–H and O–H groups in total. The molecule has 2 rings (SSSR count). The van der Waals surface area contributed by atoms with E-state index in [-0.39, 0.29) is 23.5 Å². The molecule has 8 heteroatoms. The number of nitrogens with one attached hydrogen (secondary N) is 2. The predicted octanol–water partition coefficient (Wildman–Crippen LogP) is 3.52. The van der Waals surface area contributed by atoms with Crippen molar-refractivity contribution >= 4 is 40.7 Å². The fourth-order valence-electron chi connectivity index (χ4n) is 2.15. The summed E-state index contributed by atoms with van der Waals surface area (Å²) in [6, 6.07) is 8.39. The zero-order valence-corrected chi connectivity index (χ0v) is 14.8. The molecule has 0 aliphatic rings. The zero-order valence-electron chi connectivity index (χ0n) is 13.3. The average Bonchev–Trinajstić information content (AvgIpc) is 2.56. The van der Waals surface area contributed by atoms with Gasteiger partial charge < -0.3 is 16.4 Å². The Kier molecular flexibility index (Phi) is 6.36. The van der Waals surface area contributed by atoms with Crippen LogP contribution in [0.5, 0.6) is 0 Å². The molecule has 0 unspecified atom stereocenters. The normalized spacial score (nSPS) is 11.8. The Morgan fingerprint density at radius 2 is 1.80 bits per heavy atom. The molecule has 0 saturated carbocycles. The number of carbonyl (C=O) groups is 2. The summed E-state index contributed by atoms with van der Waals surface area (Å²) >= 11 is 11.7. The predicted molar refractivity (Wildman–Crippen MR) is 96.4 cm³/mol. The molecule has 1 atom stereocenters. The number of anilines is 1. The van der Waals surface area contributed by atoms with Crippen molar-refractivity contribution in [3.63, 3.8) is 0 Å². The van der Waals surface area contributed by atoms with Gasteiger partial charge in [-0.15, -0.1) is 0 Å². The Morgan fingerprint density at radius 3 is 2.40 bits per heavy atom. The molecular weight excluding hydrogens is 368 g/mol. The van der Waals surface area contributed by atoms with Crippen LogP contribution in [0.15, 0.2) is 36.4 Å². The number of nitrogens with two attached hydrogens (primary N) is 1. The Morgan fingerprint density at radius 1 is 1.16 bits per heavy atom. The maximum absolute atomic E-state index is 13.6. The second-order valence-corrected chi connectivity index (χ2v) is 6.19. The Balaban J connectivity index is 1.93. The third-order valence-corrected chi connectivity index (χ3v) is 4.15. The molecule has 132 valence electrons. The first-order valence-corrected chi connectivity index (χ1v) is 8.11. The quantitative estimate of drug-likeness (QED) is 0.667. The van der Waals surface area contributed by atoms with Gasteiger partial charge >= 0.3 is 0 Å². The smallest absolute Gasteiger partial charge is 0.248 e. The number of rotatable bonds is 6. The van der Waals surface area contributed by atoms with Crippen molar-refractivity contribution in [1.82, 2.24) is 5.32 Å². The van der Waals surface area contributed by atoms with Crippen molar-refractivity contribution in [2.75, 3.05) is 11.9 Å². The largest absolute Gasteiger partial charge is 0.366 e. The van der Waals surface area contributed by atoms with Crippen LogP contribution < -0.4 is 16.4 Å². The van der Waals surface area contributed by atoms with E-state index in [9.17, 15) is 14.0 Å². The molecule has 0 heterocycles. The summed E-state index contributed by atoms with van der Waals surface area (Å²) in [7, 11) is 0. The monoisotopic (exact) mass is 383 g/mol. The van der Waals surface area contributed by atoms with Crippen LogP contribution in [-0.4, -0.2) is 18.4 Å². The highest BCUT2D eigenvalue weighted by Crippen LogP contribution is 2.28. The summed E-state index contributed by atoms with van der Waals surface area (Å²) in [5.41, 5.74) is 6.53. The first kappa shape index (κ1) is 19.2. The zero-order chi connectivity index (χ0) is 18.6. The topological polar surface area (TPSA) is 84.2 Å². The minimum atomic E-state index is -0.575. The Hall–Kier alpha value is -2.15. The minimum absolute atomic E-state index is 0.0146. The van der Waals surface area contributed by atoms with Gasteiger partial charge in [-0.25, -0.2) is 4.39 Å². The summed E-state index contributed by atoms with van der Waals surface area (Å²) in [4.78, 5) is 23.0. The minimum Gasteiger partial charge on any atom is -0.366 e. The lowest BCUT2D eigenvalue weighted by atomic mass is 10.1. The molecule has 0 aliphatic heterocycles. The fraction of sp³-hybridized carbons (Fsp3) is 0.176. The van der Waals surface area contributed by atoms with Gasteiger partial charge in [-0.2, -0.15) is 0 Å². The van der Waals surface area contributed by atoms with Gasteiger partial charge in [0.25, 0.3) is 0 Å². The highest BCUT2D eigenvalue weighted by molar-refractivity contribution is 6.35. The van der Waals surface area contributed by atoms with Crippen LogP contribution >= 0.6 is 23.2 Å². The van der Waals surface area contributed by atoms with Crippen molar-refractivity contribution < 1.29 is 14.0 Å². The second-order valence-electron chi connectivity index (χ2n) is 5.38. The van der Waals surface area contributed by atoms with E-state index in [1.165, 1.54) is 24.3 Å². The van der Waals surface area contributed by atoms with Crippen LogP contribution in [0, 0.1) is 5.82 Å². The highest BCUT2D eigenvalue weighted by Gasteiger charge is 2.14. The first-order valence-electron chi connectivity index (χ1n) is 7.35. The summed E-state index contributed by atoms with van der Waals surface area (Å²) in [5.74, 6) is -1.42. The summed E-state index contributed by atoms with van der Waals surface area (Å²) in [6.45, 7) is 1.74. The van der Waals surface area contributed by atoms with Crippen LogP contribution in [0.3, 0.4) is 0 Å². The molecule has 2 amide bonds. The first-order chi connectivity index (χ1) is 11.8. The molecule has 0 spiro atoms. The maximum Gasteiger partial charge on any atom is 0.248 e. The number of hydrogen-bond acceptors (Lipinski definition) is 3. The molecule has 2 aromatic carbocycles. The van der Waals surface area contributed by atoms with E-state index in [2.05, 4.69) is 10.6 Å². The Bertz CT molecular complexity index is 797. The average molecular weight is 384 g/mol. The molecule has 0 aromatic heterocycles. The number of carbonyl (C=O) groups excluding carboxylic acids is 2. The molecule has 0 bridgehead atoms. The van der Waals surface area contributed by atoms with E-state index >= 15 is 0 Å². The van der Waals surface area contributed by atoms with Gasteiger partial charge in [-0.1, -0.05) is 23.2 Å². The van der Waals surface area contributed by atoms with Crippen molar-refractivity contribution in [3.8, 4) is 0 Å². The summed E-state index contributed by atoms with van der Waals surface area (Å²) in [6.07, 6.45) is 0. The summed E-state index contributed by atoms with van der Waals surface area (Å²) in [5, 5.41) is 5.88. The number of hydrogen-bond donors (Lipinski definition) is 3. The van der Waals surface area contributed by atoms with Crippen LogP contribution in [0.25, 0.3) is 0 Å². The van der Waals surface area contributed by atoms with E-state index in [1.807, 2.05) is 0 Å². The van der Waals surface area contributed by atoms with Gasteiger partial charge in [-0.05, 0) is 48.9 Å². The highest BCUT2D eigenvalue weighted by atomic mass is 35.5. The van der Waals surface area contributed by atoms with Crippen molar-refractivity contribution in [3.05, 3.63) is 63.4 Å². The van der Waals surface area contributed by atoms with Gasteiger partial charge in [0, 0.05) is 22.3 Å². The van der Waals surface area contributed by atoms with Crippen LogP contribution in [0.1, 0.15) is 28.9 Å². The number of amides is 2. The van der Waals surface area contributed by atoms with E-state index in [0.29, 0.717) is 21.8 Å². The molecule has 0 radical (unpaired) electrons. The maximum atomic E-state index is 13.6. The lowest BCUT2D eigenvalue weighted by Gasteiger charge is -2.16. The van der Waals surface area contributed by atoms with Gasteiger partial charge in [0.05, 0.1) is 11.6 Å². The fourth-order valence-corrected chi connectivity index (χ4v) is 2.70. The van der Waals surface area contributed by atoms with Gasteiger partial charge in [0.2, 0.25) is 11.8 Å². The van der Waals surface area contributed by atoms with Gasteiger partial charge in [-0.3, -0.25) is 9.59 Å². The SMILES string of the molecule is C[C@@H](NCC(=O)Nc1ccc(C(N)=O)cc1)c1cc(F)c(Cl)cc1Cl. The van der Waals surface area contributed by atoms with Crippen LogP contribution in [-0.2, 0) is 4.79 Å². The molecule has 5 nitrogen and oxygen atoms in total. The van der Waals surface area contributed by atoms with Crippen molar-refractivity contribution in [2.45, 2.75) is 13.0 Å². The lowest BCUT2D eigenvalue weighted by molar-refractivity contribution is -0.115. The van der Waals surface area contributed by atoms with E-state index < -0.39 is 11.7 Å². The molecule has 0 aliphatic carbocycles. The third-order valence-electron chi connectivity index (χ3n) is 3.53. The van der Waals surface area contributed by atoms with E-state index in [0.717, 1.165) is 0 Å².